The molecule has 0 saturated heterocycles. The molecule has 1 saturated carbocycles. The number of benzene rings is 2. The van der Waals surface area contributed by atoms with Crippen LogP contribution in [0.4, 0.5) is 5.95 Å². The van der Waals surface area contributed by atoms with Gasteiger partial charge in [0.05, 0.1) is 5.70 Å². The van der Waals surface area contributed by atoms with Gasteiger partial charge in [-0.15, -0.1) is 5.10 Å². The number of allylic oxidation sites excluding steroid dienone is 1. The molecule has 0 spiro atoms. The van der Waals surface area contributed by atoms with Gasteiger partial charge >= 0.3 is 0 Å². The third-order valence-electron chi connectivity index (χ3n) is 7.14. The zero-order valence-corrected chi connectivity index (χ0v) is 22.2. The monoisotopic (exact) mass is 520 g/mol. The van der Waals surface area contributed by atoms with Crippen molar-refractivity contribution in [2.45, 2.75) is 59.0 Å². The van der Waals surface area contributed by atoms with E-state index >= 15 is 0 Å². The third kappa shape index (κ3) is 7.04. The van der Waals surface area contributed by atoms with Crippen LogP contribution < -0.4 is 5.32 Å². The van der Waals surface area contributed by atoms with Gasteiger partial charge in [-0.05, 0) is 83.7 Å². The van der Waals surface area contributed by atoms with E-state index in [9.17, 15) is 9.59 Å². The van der Waals surface area contributed by atoms with E-state index in [1.807, 2.05) is 42.5 Å². The van der Waals surface area contributed by atoms with Gasteiger partial charge in [0.1, 0.15) is 0 Å². The average molecular weight is 521 g/mol. The molecule has 1 aliphatic rings. The van der Waals surface area contributed by atoms with E-state index in [-0.39, 0.29) is 23.3 Å². The van der Waals surface area contributed by atoms with Crippen LogP contribution in [-0.4, -0.2) is 43.8 Å². The number of anilines is 1. The van der Waals surface area contributed by atoms with Gasteiger partial charge in [-0.25, -0.2) is 0 Å². The summed E-state index contributed by atoms with van der Waals surface area (Å²) in [5.74, 6) is 0.470. The minimum atomic E-state index is -0.318. The highest BCUT2D eigenvalue weighted by Gasteiger charge is 2.32. The van der Waals surface area contributed by atoms with Gasteiger partial charge in [-0.1, -0.05) is 61.7 Å². The highest BCUT2D eigenvalue weighted by molar-refractivity contribution is 6.30. The van der Waals surface area contributed by atoms with Gasteiger partial charge < -0.3 is 4.90 Å². The first kappa shape index (κ1) is 26.5. The number of aldehydes is 1. The Hall–Kier alpha value is -3.52. The van der Waals surface area contributed by atoms with Gasteiger partial charge in [-0.3, -0.25) is 14.9 Å². The predicted octanol–water partition coefficient (Wildman–Crippen LogP) is 5.75. The maximum atomic E-state index is 12.5. The molecule has 8 nitrogen and oxygen atoms in total. The summed E-state index contributed by atoms with van der Waals surface area (Å²) in [6.45, 7) is 7.49. The normalized spacial score (nSPS) is 18.3. The molecule has 2 N–H and O–H groups in total. The Bertz CT molecular complexity index is 1210. The lowest BCUT2D eigenvalue weighted by atomic mass is 9.71. The first-order chi connectivity index (χ1) is 17.7. The molecule has 4 rings (SSSR count). The number of H-pyrrole nitrogens is 1. The Morgan fingerprint density at radius 1 is 1.08 bits per heavy atom. The quantitative estimate of drug-likeness (QED) is 0.289. The maximum Gasteiger partial charge on any atom is 0.270 e. The van der Waals surface area contributed by atoms with Crippen molar-refractivity contribution in [3.05, 3.63) is 75.9 Å². The first-order valence-corrected chi connectivity index (χ1v) is 12.9. The Morgan fingerprint density at radius 3 is 2.32 bits per heavy atom. The number of aromatic nitrogens is 4. The molecule has 194 valence electrons. The van der Waals surface area contributed by atoms with Crippen molar-refractivity contribution in [3.8, 4) is 0 Å². The zero-order chi connectivity index (χ0) is 26.4. The fourth-order valence-corrected chi connectivity index (χ4v) is 5.07. The SMILES string of the molecule is CC(C)(C)C1CCC(N(Cc2ccc(C(=O)Nc3nn[nH]n3)cc2)/C(C=O)=C/c2ccc(Cl)cc2)CC1. The van der Waals surface area contributed by atoms with Crippen LogP contribution in [0.1, 0.15) is 67.9 Å². The second-order valence-electron chi connectivity index (χ2n) is 10.6. The Kier molecular flexibility index (Phi) is 8.38. The second kappa shape index (κ2) is 11.7. The van der Waals surface area contributed by atoms with Crippen LogP contribution in [0.15, 0.2) is 54.2 Å². The van der Waals surface area contributed by atoms with E-state index in [2.05, 4.69) is 51.6 Å². The molecule has 1 heterocycles. The van der Waals surface area contributed by atoms with E-state index in [4.69, 9.17) is 11.6 Å². The number of nitrogens with one attached hydrogen (secondary N) is 2. The lowest BCUT2D eigenvalue weighted by Gasteiger charge is -2.42. The van der Waals surface area contributed by atoms with Crippen LogP contribution in [0.3, 0.4) is 0 Å². The predicted molar refractivity (Wildman–Crippen MR) is 145 cm³/mol. The Morgan fingerprint density at radius 2 is 1.76 bits per heavy atom. The summed E-state index contributed by atoms with van der Waals surface area (Å²) < 4.78 is 0. The van der Waals surface area contributed by atoms with Crippen molar-refractivity contribution in [1.82, 2.24) is 25.5 Å². The second-order valence-corrected chi connectivity index (χ2v) is 11.1. The summed E-state index contributed by atoms with van der Waals surface area (Å²) in [6.07, 6.45) is 7.18. The first-order valence-electron chi connectivity index (χ1n) is 12.6. The van der Waals surface area contributed by atoms with Crippen LogP contribution in [0, 0.1) is 11.3 Å². The molecular formula is C28H33ClN6O2. The average Bonchev–Trinajstić information content (AvgIpc) is 3.40. The van der Waals surface area contributed by atoms with Crippen LogP contribution in [-0.2, 0) is 11.3 Å². The van der Waals surface area contributed by atoms with Crippen molar-refractivity contribution in [3.63, 3.8) is 0 Å². The van der Waals surface area contributed by atoms with Crippen molar-refractivity contribution in [2.75, 3.05) is 5.32 Å². The van der Waals surface area contributed by atoms with E-state index in [0.717, 1.165) is 43.1 Å². The van der Waals surface area contributed by atoms with Crippen LogP contribution in [0.2, 0.25) is 5.02 Å². The molecule has 1 aliphatic carbocycles. The van der Waals surface area contributed by atoms with E-state index in [0.29, 0.717) is 28.7 Å². The standard InChI is InChI=1S/C28H33ClN6O2/c1-28(2,3)22-10-14-24(15-11-22)35(25(18-36)16-19-6-12-23(29)13-7-19)17-20-4-8-21(9-5-20)26(37)30-27-31-33-34-32-27/h4-9,12-13,16,18,22,24H,10-11,14-15,17H2,1-3H3,(H2,30,31,32,33,34,37)/b25-16+. The molecule has 1 amide bonds. The van der Waals surface area contributed by atoms with E-state index < -0.39 is 0 Å². The topological polar surface area (TPSA) is 104 Å². The molecule has 3 aromatic rings. The van der Waals surface area contributed by atoms with Crippen molar-refractivity contribution in [2.24, 2.45) is 11.3 Å². The smallest absolute Gasteiger partial charge is 0.270 e. The van der Waals surface area contributed by atoms with Crippen LogP contribution >= 0.6 is 11.6 Å². The fraction of sp³-hybridized carbons (Fsp3) is 0.393. The minimum Gasteiger partial charge on any atom is -0.362 e. The molecule has 0 atom stereocenters. The maximum absolute atomic E-state index is 12.5. The number of amides is 1. The summed E-state index contributed by atoms with van der Waals surface area (Å²) >= 11 is 6.06. The number of hydrogen-bond donors (Lipinski definition) is 2. The molecule has 1 fully saturated rings. The van der Waals surface area contributed by atoms with Gasteiger partial charge in [0.25, 0.3) is 11.9 Å². The molecule has 2 aromatic carbocycles. The van der Waals surface area contributed by atoms with Gasteiger partial charge in [-0.2, -0.15) is 5.21 Å². The number of aromatic amines is 1. The molecule has 37 heavy (non-hydrogen) atoms. The van der Waals surface area contributed by atoms with Crippen molar-refractivity contribution >= 4 is 35.8 Å². The molecule has 9 heteroatoms. The van der Waals surface area contributed by atoms with E-state index in [1.165, 1.54) is 0 Å². The number of rotatable bonds is 8. The van der Waals surface area contributed by atoms with Gasteiger partial charge in [0.15, 0.2) is 6.29 Å². The number of nitrogens with zero attached hydrogens (tertiary/aromatic N) is 4. The minimum absolute atomic E-state index is 0.120. The summed E-state index contributed by atoms with van der Waals surface area (Å²) in [5.41, 5.74) is 3.34. The number of tetrazole rings is 1. The molecular weight excluding hydrogens is 488 g/mol. The number of hydrogen-bond acceptors (Lipinski definition) is 6. The number of carbonyl (C=O) groups excluding carboxylic acids is 2. The fourth-order valence-electron chi connectivity index (χ4n) is 4.95. The summed E-state index contributed by atoms with van der Waals surface area (Å²) in [5, 5.41) is 16.5. The Balaban J connectivity index is 1.55. The number of halogens is 1. The molecule has 1 aromatic heterocycles. The number of carbonyl (C=O) groups is 2. The van der Waals surface area contributed by atoms with Gasteiger partial charge in [0.2, 0.25) is 0 Å². The summed E-state index contributed by atoms with van der Waals surface area (Å²) in [7, 11) is 0. The molecule has 0 unspecified atom stereocenters. The van der Waals surface area contributed by atoms with Crippen LogP contribution in [0.25, 0.3) is 6.08 Å². The molecule has 0 aliphatic heterocycles. The molecule has 0 bridgehead atoms. The largest absolute Gasteiger partial charge is 0.362 e. The molecule has 0 radical (unpaired) electrons. The van der Waals surface area contributed by atoms with Crippen molar-refractivity contribution < 1.29 is 9.59 Å². The van der Waals surface area contributed by atoms with E-state index in [1.54, 1.807) is 12.1 Å². The summed E-state index contributed by atoms with van der Waals surface area (Å²) in [6, 6.07) is 15.1. The van der Waals surface area contributed by atoms with Crippen molar-refractivity contribution in [1.29, 1.82) is 0 Å². The lowest BCUT2D eigenvalue weighted by Crippen LogP contribution is -2.39. The summed E-state index contributed by atoms with van der Waals surface area (Å²) in [4.78, 5) is 27.1. The highest BCUT2D eigenvalue weighted by Crippen LogP contribution is 2.40. The zero-order valence-electron chi connectivity index (χ0n) is 21.4. The highest BCUT2D eigenvalue weighted by atomic mass is 35.5. The lowest BCUT2D eigenvalue weighted by molar-refractivity contribution is -0.106. The van der Waals surface area contributed by atoms with Gasteiger partial charge in [0, 0.05) is 23.2 Å². The third-order valence-corrected chi connectivity index (χ3v) is 7.39. The van der Waals surface area contributed by atoms with Crippen LogP contribution in [0.5, 0.6) is 0 Å². The Labute approximate surface area is 222 Å².